The Bertz CT molecular complexity index is 744. The van der Waals surface area contributed by atoms with Crippen LogP contribution < -0.4 is 9.32 Å². The maximum Gasteiger partial charge on any atom is 0.380 e. The van der Waals surface area contributed by atoms with Gasteiger partial charge in [0.25, 0.3) is 0 Å². The van der Waals surface area contributed by atoms with Gasteiger partial charge in [-0.3, -0.25) is 0 Å². The van der Waals surface area contributed by atoms with Gasteiger partial charge in [-0.1, -0.05) is 32.1 Å². The molecule has 2 aromatic rings. The number of thiophene rings is 1. The molecule has 0 unspecified atom stereocenters. The Hall–Kier alpha value is -1.11. The molecular formula is C16H21NO3S2. The highest BCUT2D eigenvalue weighted by Crippen LogP contribution is 2.38. The molecule has 2 N–H and O–H groups in total. The Balaban J connectivity index is 1.85. The van der Waals surface area contributed by atoms with Gasteiger partial charge in [0, 0.05) is 9.58 Å². The Morgan fingerprint density at radius 2 is 1.73 bits per heavy atom. The van der Waals surface area contributed by atoms with E-state index in [1.165, 1.54) is 54.5 Å². The monoisotopic (exact) mass is 339 g/mol. The third-order valence-electron chi connectivity index (χ3n) is 4.23. The fourth-order valence-electron chi connectivity index (χ4n) is 3.17. The molecule has 3 rings (SSSR count). The van der Waals surface area contributed by atoms with Gasteiger partial charge in [-0.2, -0.15) is 13.6 Å². The van der Waals surface area contributed by atoms with E-state index in [2.05, 4.69) is 6.07 Å². The molecule has 1 aromatic carbocycles. The van der Waals surface area contributed by atoms with Gasteiger partial charge in [0.15, 0.2) is 0 Å². The van der Waals surface area contributed by atoms with Crippen LogP contribution in [0.5, 0.6) is 5.75 Å². The van der Waals surface area contributed by atoms with Crippen molar-refractivity contribution in [3.05, 3.63) is 29.1 Å². The molecule has 1 saturated carbocycles. The van der Waals surface area contributed by atoms with Crippen LogP contribution in [0.3, 0.4) is 0 Å². The van der Waals surface area contributed by atoms with E-state index < -0.39 is 10.3 Å². The summed E-state index contributed by atoms with van der Waals surface area (Å²) < 4.78 is 28.0. The summed E-state index contributed by atoms with van der Waals surface area (Å²) in [6, 6.07) is 7.50. The summed E-state index contributed by atoms with van der Waals surface area (Å²) in [4.78, 5) is 1.41. The van der Waals surface area contributed by atoms with Gasteiger partial charge in [0.05, 0.1) is 0 Å². The number of rotatable bonds is 3. The highest BCUT2D eigenvalue weighted by molar-refractivity contribution is 7.84. The molecular weight excluding hydrogens is 318 g/mol. The molecule has 0 spiro atoms. The van der Waals surface area contributed by atoms with Gasteiger partial charge < -0.3 is 4.18 Å². The summed E-state index contributed by atoms with van der Waals surface area (Å²) in [5.74, 6) is 0.914. The summed E-state index contributed by atoms with van der Waals surface area (Å²) in [7, 11) is -3.96. The lowest BCUT2D eigenvalue weighted by Gasteiger charge is -2.18. The average Bonchev–Trinajstić information content (AvgIpc) is 2.79. The molecule has 22 heavy (non-hydrogen) atoms. The second-order valence-corrected chi connectivity index (χ2v) is 8.23. The SMILES string of the molecule is NS(=O)(=O)Oc1ccc2sc(C3CCCCCCC3)cc2c1. The Labute approximate surface area is 135 Å². The van der Waals surface area contributed by atoms with Crippen LogP contribution >= 0.6 is 11.3 Å². The largest absolute Gasteiger partial charge is 0.380 e. The molecule has 1 aliphatic carbocycles. The molecule has 6 heteroatoms. The van der Waals surface area contributed by atoms with Gasteiger partial charge in [0.1, 0.15) is 5.75 Å². The first-order valence-corrected chi connectivity index (χ1v) is 10.1. The van der Waals surface area contributed by atoms with Crippen molar-refractivity contribution >= 4 is 31.7 Å². The molecule has 0 amide bonds. The highest BCUT2D eigenvalue weighted by Gasteiger charge is 2.16. The normalized spacial score (nSPS) is 18.0. The highest BCUT2D eigenvalue weighted by atomic mass is 32.2. The first kappa shape index (κ1) is 15.8. The molecule has 0 bridgehead atoms. The van der Waals surface area contributed by atoms with Crippen LogP contribution in [0.15, 0.2) is 24.3 Å². The van der Waals surface area contributed by atoms with Gasteiger partial charge in [-0.15, -0.1) is 11.3 Å². The minimum absolute atomic E-state index is 0.275. The molecule has 1 heterocycles. The second-order valence-electron chi connectivity index (χ2n) is 5.97. The van der Waals surface area contributed by atoms with Crippen LogP contribution in [0.4, 0.5) is 0 Å². The predicted octanol–water partition coefficient (Wildman–Crippen LogP) is 4.31. The third kappa shape index (κ3) is 4.00. The maximum absolute atomic E-state index is 11.0. The Morgan fingerprint density at radius 1 is 1.05 bits per heavy atom. The lowest BCUT2D eigenvalue weighted by Crippen LogP contribution is -2.18. The molecule has 1 aromatic heterocycles. The molecule has 0 atom stereocenters. The minimum atomic E-state index is -3.96. The Kier molecular flexibility index (Phi) is 4.70. The van der Waals surface area contributed by atoms with Crippen molar-refractivity contribution in [1.82, 2.24) is 0 Å². The van der Waals surface area contributed by atoms with E-state index in [1.807, 2.05) is 17.4 Å². The van der Waals surface area contributed by atoms with Crippen LogP contribution in [0.1, 0.15) is 55.7 Å². The molecule has 1 fully saturated rings. The number of hydrogen-bond acceptors (Lipinski definition) is 4. The van der Waals surface area contributed by atoms with Gasteiger partial charge in [0.2, 0.25) is 0 Å². The van der Waals surface area contributed by atoms with Crippen molar-refractivity contribution in [2.24, 2.45) is 5.14 Å². The molecule has 0 radical (unpaired) electrons. The molecule has 1 aliphatic rings. The maximum atomic E-state index is 11.0. The number of nitrogens with two attached hydrogens (primary N) is 1. The van der Waals surface area contributed by atoms with Gasteiger partial charge >= 0.3 is 10.3 Å². The van der Waals surface area contributed by atoms with E-state index >= 15 is 0 Å². The zero-order chi connectivity index (χ0) is 15.6. The van der Waals surface area contributed by atoms with Gasteiger partial charge in [-0.05, 0) is 48.4 Å². The van der Waals surface area contributed by atoms with E-state index in [-0.39, 0.29) is 5.75 Å². The summed E-state index contributed by atoms with van der Waals surface area (Å²) in [5.41, 5.74) is 0. The van der Waals surface area contributed by atoms with E-state index in [0.29, 0.717) is 5.92 Å². The summed E-state index contributed by atoms with van der Waals surface area (Å²) >= 11 is 1.81. The lowest BCUT2D eigenvalue weighted by atomic mass is 9.90. The second kappa shape index (κ2) is 6.56. The van der Waals surface area contributed by atoms with E-state index in [9.17, 15) is 8.42 Å². The standard InChI is InChI=1S/C16H21NO3S2/c17-22(18,19)20-14-8-9-15-13(10-14)11-16(21-15)12-6-4-2-1-3-5-7-12/h8-12H,1-7H2,(H2,17,18,19). The summed E-state index contributed by atoms with van der Waals surface area (Å²) in [6.07, 6.45) is 9.17. The fourth-order valence-corrected chi connectivity index (χ4v) is 4.76. The zero-order valence-corrected chi connectivity index (χ0v) is 14.1. The summed E-state index contributed by atoms with van der Waals surface area (Å²) in [6.45, 7) is 0. The Morgan fingerprint density at radius 3 is 2.41 bits per heavy atom. The van der Waals surface area contributed by atoms with Crippen molar-refractivity contribution < 1.29 is 12.6 Å². The van der Waals surface area contributed by atoms with Crippen LogP contribution in [0, 0.1) is 0 Å². The minimum Gasteiger partial charge on any atom is -0.371 e. The van der Waals surface area contributed by atoms with Crippen LogP contribution in [-0.4, -0.2) is 8.42 Å². The average molecular weight is 339 g/mol. The number of benzene rings is 1. The molecule has 4 nitrogen and oxygen atoms in total. The topological polar surface area (TPSA) is 69.4 Å². The van der Waals surface area contributed by atoms with Crippen molar-refractivity contribution in [3.8, 4) is 5.75 Å². The fraction of sp³-hybridized carbons (Fsp3) is 0.500. The van der Waals surface area contributed by atoms with Crippen molar-refractivity contribution in [2.45, 2.75) is 50.9 Å². The van der Waals surface area contributed by atoms with Gasteiger partial charge in [-0.25, -0.2) is 0 Å². The number of hydrogen-bond donors (Lipinski definition) is 1. The quantitative estimate of drug-likeness (QED) is 0.906. The predicted molar refractivity (Wildman–Crippen MR) is 90.6 cm³/mol. The molecule has 120 valence electrons. The number of fused-ring (bicyclic) bond motifs is 1. The first-order valence-electron chi connectivity index (χ1n) is 7.77. The van der Waals surface area contributed by atoms with E-state index in [4.69, 9.17) is 9.32 Å². The van der Waals surface area contributed by atoms with Crippen molar-refractivity contribution in [1.29, 1.82) is 0 Å². The van der Waals surface area contributed by atoms with E-state index in [0.717, 1.165) is 5.39 Å². The lowest BCUT2D eigenvalue weighted by molar-refractivity contribution is 0.460. The van der Waals surface area contributed by atoms with Crippen LogP contribution in [-0.2, 0) is 10.3 Å². The van der Waals surface area contributed by atoms with Crippen molar-refractivity contribution in [3.63, 3.8) is 0 Å². The third-order valence-corrected chi connectivity index (χ3v) is 5.93. The van der Waals surface area contributed by atoms with Crippen LogP contribution in [0.25, 0.3) is 10.1 Å². The van der Waals surface area contributed by atoms with E-state index in [1.54, 1.807) is 12.1 Å². The first-order chi connectivity index (χ1) is 10.5. The summed E-state index contributed by atoms with van der Waals surface area (Å²) in [5, 5.41) is 5.95. The molecule has 0 saturated heterocycles. The van der Waals surface area contributed by atoms with Crippen LogP contribution in [0.2, 0.25) is 0 Å². The zero-order valence-electron chi connectivity index (χ0n) is 12.5. The molecule has 0 aliphatic heterocycles. The smallest absolute Gasteiger partial charge is 0.371 e. The van der Waals surface area contributed by atoms with Crippen molar-refractivity contribution in [2.75, 3.05) is 0 Å².